The summed E-state index contributed by atoms with van der Waals surface area (Å²) in [4.78, 5) is 20.4. The first kappa shape index (κ1) is 14.9. The molecule has 0 radical (unpaired) electrons. The quantitative estimate of drug-likeness (QED) is 0.652. The molecule has 3 aromatic rings. The maximum absolute atomic E-state index is 12.0. The fraction of sp³-hybridized carbons (Fsp3) is 0.267. The van der Waals surface area contributed by atoms with Crippen molar-refractivity contribution in [1.82, 2.24) is 35.7 Å². The van der Waals surface area contributed by atoms with Gasteiger partial charge >= 0.3 is 0 Å². The van der Waals surface area contributed by atoms with E-state index in [9.17, 15) is 4.79 Å². The average Bonchev–Trinajstić information content (AvgIpc) is 3.16. The summed E-state index contributed by atoms with van der Waals surface area (Å²) in [6, 6.07) is 3.66. The van der Waals surface area contributed by atoms with Crippen LogP contribution in [-0.4, -0.2) is 36.3 Å². The van der Waals surface area contributed by atoms with Crippen molar-refractivity contribution in [2.45, 2.75) is 26.8 Å². The lowest BCUT2D eigenvalue weighted by Gasteiger charge is -2.03. The summed E-state index contributed by atoms with van der Waals surface area (Å²) < 4.78 is 0. The molecule has 0 aromatic carbocycles. The van der Waals surface area contributed by atoms with E-state index in [-0.39, 0.29) is 5.91 Å². The van der Waals surface area contributed by atoms with Gasteiger partial charge < -0.3 is 5.32 Å². The summed E-state index contributed by atoms with van der Waals surface area (Å²) >= 11 is 0. The Bertz CT molecular complexity index is 787. The number of rotatable bonds is 5. The number of aryl methyl sites for hydroxylation is 2. The van der Waals surface area contributed by atoms with E-state index < -0.39 is 0 Å². The second-order valence-electron chi connectivity index (χ2n) is 5.21. The summed E-state index contributed by atoms with van der Waals surface area (Å²) in [7, 11) is 0. The molecule has 0 spiro atoms. The predicted octanol–water partition coefficient (Wildman–Crippen LogP) is 1.07. The molecule has 0 aliphatic carbocycles. The molecule has 3 N–H and O–H groups in total. The summed E-state index contributed by atoms with van der Waals surface area (Å²) in [6.07, 6.45) is 3.66. The molecule has 0 aliphatic rings. The highest BCUT2D eigenvalue weighted by molar-refractivity contribution is 5.79. The third-order valence-corrected chi connectivity index (χ3v) is 3.54. The highest BCUT2D eigenvalue weighted by atomic mass is 16.1. The molecule has 0 bridgehead atoms. The Balaban J connectivity index is 1.59. The lowest BCUT2D eigenvalue weighted by Crippen LogP contribution is -2.25. The number of H-pyrrole nitrogens is 2. The highest BCUT2D eigenvalue weighted by Crippen LogP contribution is 2.12. The topological polar surface area (TPSA) is 112 Å². The minimum absolute atomic E-state index is 0.0838. The molecule has 3 rings (SSSR count). The van der Waals surface area contributed by atoms with E-state index >= 15 is 0 Å². The molecule has 0 atom stereocenters. The molecule has 0 fully saturated rings. The zero-order valence-electron chi connectivity index (χ0n) is 12.9. The largest absolute Gasteiger partial charge is 0.349 e. The second kappa shape index (κ2) is 6.39. The smallest absolute Gasteiger partial charge is 0.224 e. The third-order valence-electron chi connectivity index (χ3n) is 3.54. The third kappa shape index (κ3) is 3.42. The van der Waals surface area contributed by atoms with Gasteiger partial charge in [0.25, 0.3) is 0 Å². The number of nitrogens with one attached hydrogen (secondary N) is 3. The number of carbonyl (C=O) groups is 1. The van der Waals surface area contributed by atoms with Crippen LogP contribution in [0, 0.1) is 13.8 Å². The van der Waals surface area contributed by atoms with Crippen molar-refractivity contribution < 1.29 is 4.79 Å². The zero-order chi connectivity index (χ0) is 16.2. The number of aromatic nitrogens is 6. The van der Waals surface area contributed by atoms with E-state index in [4.69, 9.17) is 0 Å². The number of aromatic amines is 2. The van der Waals surface area contributed by atoms with Crippen LogP contribution in [0.5, 0.6) is 0 Å². The molecule has 0 saturated heterocycles. The summed E-state index contributed by atoms with van der Waals surface area (Å²) in [6.45, 7) is 4.08. The van der Waals surface area contributed by atoms with Crippen LogP contribution in [0.25, 0.3) is 11.4 Å². The summed E-state index contributed by atoms with van der Waals surface area (Å²) in [5.74, 6) is 1.10. The Labute approximate surface area is 132 Å². The van der Waals surface area contributed by atoms with Gasteiger partial charge in [0.2, 0.25) is 5.91 Å². The van der Waals surface area contributed by atoms with Gasteiger partial charge in [0, 0.05) is 29.2 Å². The SMILES string of the molecule is Cc1n[nH]c(C)c1CC(=O)NCc1nc(-c2ccncc2)n[nH]1. The number of nitrogens with zero attached hydrogens (tertiary/aromatic N) is 4. The average molecular weight is 311 g/mol. The van der Waals surface area contributed by atoms with Crippen LogP contribution >= 0.6 is 0 Å². The molecule has 3 aromatic heterocycles. The van der Waals surface area contributed by atoms with Gasteiger partial charge in [0.15, 0.2) is 5.82 Å². The summed E-state index contributed by atoms with van der Waals surface area (Å²) in [5.41, 5.74) is 3.56. The first-order valence-electron chi connectivity index (χ1n) is 7.22. The number of amides is 1. The van der Waals surface area contributed by atoms with Gasteiger partial charge in [-0.1, -0.05) is 0 Å². The number of carbonyl (C=O) groups excluding carboxylic acids is 1. The maximum atomic E-state index is 12.0. The lowest BCUT2D eigenvalue weighted by molar-refractivity contribution is -0.120. The summed E-state index contributed by atoms with van der Waals surface area (Å²) in [5, 5.41) is 16.8. The van der Waals surface area contributed by atoms with Gasteiger partial charge in [0.1, 0.15) is 5.82 Å². The molecule has 0 aliphatic heterocycles. The van der Waals surface area contributed by atoms with Crippen LogP contribution in [0.4, 0.5) is 0 Å². The predicted molar refractivity (Wildman–Crippen MR) is 83.2 cm³/mol. The molecular weight excluding hydrogens is 294 g/mol. The maximum Gasteiger partial charge on any atom is 0.224 e. The zero-order valence-corrected chi connectivity index (χ0v) is 12.9. The Hall–Kier alpha value is -3.03. The number of hydrogen-bond acceptors (Lipinski definition) is 5. The molecule has 3 heterocycles. The van der Waals surface area contributed by atoms with Crippen LogP contribution in [0.3, 0.4) is 0 Å². The lowest BCUT2D eigenvalue weighted by atomic mass is 10.1. The monoisotopic (exact) mass is 311 g/mol. The van der Waals surface area contributed by atoms with Crippen molar-refractivity contribution in [3.63, 3.8) is 0 Å². The van der Waals surface area contributed by atoms with Crippen LogP contribution in [0.1, 0.15) is 22.8 Å². The fourth-order valence-electron chi connectivity index (χ4n) is 2.24. The van der Waals surface area contributed by atoms with E-state index in [0.29, 0.717) is 24.6 Å². The van der Waals surface area contributed by atoms with E-state index in [1.165, 1.54) is 0 Å². The molecule has 8 heteroatoms. The van der Waals surface area contributed by atoms with Gasteiger partial charge in [-0.15, -0.1) is 0 Å². The first-order valence-corrected chi connectivity index (χ1v) is 7.22. The van der Waals surface area contributed by atoms with Crippen molar-refractivity contribution in [1.29, 1.82) is 0 Å². The van der Waals surface area contributed by atoms with E-state index in [1.54, 1.807) is 12.4 Å². The molecule has 23 heavy (non-hydrogen) atoms. The van der Waals surface area contributed by atoms with Gasteiger partial charge in [-0.05, 0) is 26.0 Å². The minimum atomic E-state index is -0.0838. The van der Waals surface area contributed by atoms with Gasteiger partial charge in [-0.2, -0.15) is 10.2 Å². The Morgan fingerprint density at radius 1 is 1.17 bits per heavy atom. The standard InChI is InChI=1S/C15H17N7O/c1-9-12(10(2)20-19-9)7-14(23)17-8-13-18-15(22-21-13)11-3-5-16-6-4-11/h3-6H,7-8H2,1-2H3,(H,17,23)(H,19,20)(H,18,21,22). The van der Waals surface area contributed by atoms with Crippen molar-refractivity contribution in [2.24, 2.45) is 0 Å². The van der Waals surface area contributed by atoms with Gasteiger partial charge in [-0.3, -0.25) is 20.0 Å². The minimum Gasteiger partial charge on any atom is -0.349 e. The molecular formula is C15H17N7O. The Kier molecular flexibility index (Phi) is 4.13. The Morgan fingerprint density at radius 2 is 1.96 bits per heavy atom. The molecule has 8 nitrogen and oxygen atoms in total. The van der Waals surface area contributed by atoms with Gasteiger partial charge in [-0.25, -0.2) is 4.98 Å². The highest BCUT2D eigenvalue weighted by Gasteiger charge is 2.12. The molecule has 118 valence electrons. The van der Waals surface area contributed by atoms with Crippen molar-refractivity contribution >= 4 is 5.91 Å². The second-order valence-corrected chi connectivity index (χ2v) is 5.21. The van der Waals surface area contributed by atoms with Crippen LogP contribution < -0.4 is 5.32 Å². The van der Waals surface area contributed by atoms with Crippen LogP contribution in [0.15, 0.2) is 24.5 Å². The fourth-order valence-corrected chi connectivity index (χ4v) is 2.24. The van der Waals surface area contributed by atoms with Crippen molar-refractivity contribution in [3.8, 4) is 11.4 Å². The van der Waals surface area contributed by atoms with Gasteiger partial charge in [0.05, 0.1) is 18.7 Å². The van der Waals surface area contributed by atoms with Crippen molar-refractivity contribution in [3.05, 3.63) is 47.3 Å². The van der Waals surface area contributed by atoms with E-state index in [2.05, 4.69) is 35.7 Å². The van der Waals surface area contributed by atoms with Crippen molar-refractivity contribution in [2.75, 3.05) is 0 Å². The number of pyridine rings is 1. The number of hydrogen-bond donors (Lipinski definition) is 3. The van der Waals surface area contributed by atoms with E-state index in [0.717, 1.165) is 22.5 Å². The van der Waals surface area contributed by atoms with E-state index in [1.807, 2.05) is 26.0 Å². The molecule has 0 unspecified atom stereocenters. The Morgan fingerprint density at radius 3 is 2.65 bits per heavy atom. The van der Waals surface area contributed by atoms with Crippen LogP contribution in [0.2, 0.25) is 0 Å². The molecule has 1 amide bonds. The van der Waals surface area contributed by atoms with Crippen LogP contribution in [-0.2, 0) is 17.8 Å². The molecule has 0 saturated carbocycles. The first-order chi connectivity index (χ1) is 11.1. The normalized spacial score (nSPS) is 10.7.